The minimum absolute atomic E-state index is 1.08. The molecule has 142 valence electrons. The van der Waals surface area contributed by atoms with E-state index >= 15 is 0 Å². The van der Waals surface area contributed by atoms with Crippen molar-refractivity contribution in [2.75, 3.05) is 5.75 Å². The fourth-order valence-electron chi connectivity index (χ4n) is 3.12. The predicted molar refractivity (Wildman–Crippen MR) is 117 cm³/mol. The Hall–Kier alpha value is -1.28. The number of hydrogen-bond acceptors (Lipinski definition) is 2. The summed E-state index contributed by atoms with van der Waals surface area (Å²) in [6.45, 7) is 4.53. The molecule has 0 amide bonds. The van der Waals surface area contributed by atoms with Gasteiger partial charge in [0.25, 0.3) is 0 Å². The molecule has 0 aliphatic rings. The Kier molecular flexibility index (Phi) is 10.5. The zero-order chi connectivity index (χ0) is 18.5. The quantitative estimate of drug-likeness (QED) is 0.262. The molecule has 0 saturated carbocycles. The average Bonchev–Trinajstić information content (AvgIpc) is 2.69. The second-order valence-electron chi connectivity index (χ2n) is 7.15. The molecule has 0 fully saturated rings. The Labute approximate surface area is 165 Å². The Bertz CT molecular complexity index is 589. The Morgan fingerprint density at radius 1 is 0.731 bits per heavy atom. The lowest BCUT2D eigenvalue weighted by Crippen LogP contribution is -1.90. The van der Waals surface area contributed by atoms with E-state index in [1.54, 1.807) is 0 Å². The number of aromatic nitrogens is 1. The van der Waals surface area contributed by atoms with Gasteiger partial charge in [-0.2, -0.15) is 0 Å². The topological polar surface area (TPSA) is 12.9 Å². The highest BCUT2D eigenvalue weighted by atomic mass is 32.2. The summed E-state index contributed by atoms with van der Waals surface area (Å²) >= 11 is 1.96. The summed E-state index contributed by atoms with van der Waals surface area (Å²) in [5.41, 5.74) is 3.67. The maximum atomic E-state index is 4.69. The Morgan fingerprint density at radius 3 is 2.12 bits per heavy atom. The van der Waals surface area contributed by atoms with Gasteiger partial charge in [0.1, 0.15) is 0 Å². The van der Waals surface area contributed by atoms with E-state index in [0.717, 1.165) is 12.1 Å². The minimum Gasteiger partial charge on any atom is -0.256 e. The monoisotopic (exact) mass is 369 g/mol. The SMILES string of the molecule is CCCCCCCCc1ccc(-c2ccc(SCCCCC)cc2)nc1. The molecule has 0 N–H and O–H groups in total. The number of unbranched alkanes of at least 4 members (excludes halogenated alkanes) is 7. The Balaban J connectivity index is 1.76. The van der Waals surface area contributed by atoms with Crippen LogP contribution >= 0.6 is 11.8 Å². The summed E-state index contributed by atoms with van der Waals surface area (Å²) in [5, 5.41) is 0. The maximum Gasteiger partial charge on any atom is 0.0702 e. The number of thioether (sulfide) groups is 1. The fraction of sp³-hybridized carbons (Fsp3) is 0.542. The van der Waals surface area contributed by atoms with Crippen LogP contribution in [0.5, 0.6) is 0 Å². The van der Waals surface area contributed by atoms with Crippen molar-refractivity contribution in [1.82, 2.24) is 4.98 Å². The summed E-state index contributed by atoms with van der Waals surface area (Å²) in [7, 11) is 0. The lowest BCUT2D eigenvalue weighted by atomic mass is 10.1. The van der Waals surface area contributed by atoms with Gasteiger partial charge in [0.15, 0.2) is 0 Å². The third-order valence-electron chi connectivity index (χ3n) is 4.81. The molecule has 1 aromatic carbocycles. The number of nitrogens with zero attached hydrogens (tertiary/aromatic N) is 1. The second kappa shape index (κ2) is 13.0. The third kappa shape index (κ3) is 7.95. The van der Waals surface area contributed by atoms with Gasteiger partial charge in [-0.3, -0.25) is 4.98 Å². The highest BCUT2D eigenvalue weighted by Gasteiger charge is 2.01. The molecule has 0 atom stereocenters. The van der Waals surface area contributed by atoms with Gasteiger partial charge in [0.2, 0.25) is 0 Å². The molecule has 0 aliphatic heterocycles. The van der Waals surface area contributed by atoms with Gasteiger partial charge < -0.3 is 0 Å². The van der Waals surface area contributed by atoms with Crippen LogP contribution in [-0.4, -0.2) is 10.7 Å². The lowest BCUT2D eigenvalue weighted by molar-refractivity contribution is 0.607. The van der Waals surface area contributed by atoms with E-state index < -0.39 is 0 Å². The number of pyridine rings is 1. The van der Waals surface area contributed by atoms with Crippen LogP contribution in [0.4, 0.5) is 0 Å². The number of benzene rings is 1. The van der Waals surface area contributed by atoms with Crippen LogP contribution in [-0.2, 0) is 6.42 Å². The van der Waals surface area contributed by atoms with E-state index in [4.69, 9.17) is 0 Å². The standard InChI is InChI=1S/C24H35NS/c1-3-5-7-8-9-10-12-21-13-18-24(25-20-21)22-14-16-23(17-15-22)26-19-11-6-4-2/h13-18,20H,3-12,19H2,1-2H3. The molecule has 1 heterocycles. The molecule has 0 aliphatic carbocycles. The van der Waals surface area contributed by atoms with Crippen LogP contribution in [0.1, 0.15) is 77.2 Å². The molecule has 0 bridgehead atoms. The van der Waals surface area contributed by atoms with Crippen LogP contribution in [0, 0.1) is 0 Å². The van der Waals surface area contributed by atoms with Crippen LogP contribution < -0.4 is 0 Å². The number of rotatable bonds is 13. The Morgan fingerprint density at radius 2 is 1.42 bits per heavy atom. The van der Waals surface area contributed by atoms with Crippen LogP contribution in [0.3, 0.4) is 0 Å². The molecule has 0 saturated heterocycles. The van der Waals surface area contributed by atoms with E-state index in [2.05, 4.69) is 61.4 Å². The molecular weight excluding hydrogens is 334 g/mol. The maximum absolute atomic E-state index is 4.69. The van der Waals surface area contributed by atoms with Gasteiger partial charge >= 0.3 is 0 Å². The van der Waals surface area contributed by atoms with Crippen molar-refractivity contribution in [3.8, 4) is 11.3 Å². The molecular formula is C24H35NS. The van der Waals surface area contributed by atoms with Gasteiger partial charge in [0.05, 0.1) is 5.69 Å². The molecule has 2 heteroatoms. The first kappa shape index (κ1) is 21.0. The normalized spacial score (nSPS) is 11.0. The molecule has 0 spiro atoms. The van der Waals surface area contributed by atoms with Gasteiger partial charge in [0, 0.05) is 16.7 Å². The van der Waals surface area contributed by atoms with Gasteiger partial charge in [-0.15, -0.1) is 11.8 Å². The molecule has 26 heavy (non-hydrogen) atoms. The van der Waals surface area contributed by atoms with Gasteiger partial charge in [-0.25, -0.2) is 0 Å². The summed E-state index contributed by atoms with van der Waals surface area (Å²) in [6.07, 6.45) is 15.3. The van der Waals surface area contributed by atoms with Crippen molar-refractivity contribution >= 4 is 11.8 Å². The zero-order valence-corrected chi connectivity index (χ0v) is 17.5. The summed E-state index contributed by atoms with van der Waals surface area (Å²) < 4.78 is 0. The summed E-state index contributed by atoms with van der Waals surface area (Å²) in [4.78, 5) is 6.05. The van der Waals surface area contributed by atoms with Crippen molar-refractivity contribution in [3.63, 3.8) is 0 Å². The van der Waals surface area contributed by atoms with Gasteiger partial charge in [-0.1, -0.05) is 77.0 Å². The summed E-state index contributed by atoms with van der Waals surface area (Å²) in [5.74, 6) is 1.22. The molecule has 2 aromatic rings. The zero-order valence-electron chi connectivity index (χ0n) is 16.7. The second-order valence-corrected chi connectivity index (χ2v) is 8.32. The smallest absolute Gasteiger partial charge is 0.0702 e. The largest absolute Gasteiger partial charge is 0.256 e. The van der Waals surface area contributed by atoms with Crippen LogP contribution in [0.25, 0.3) is 11.3 Å². The first-order chi connectivity index (χ1) is 12.8. The van der Waals surface area contributed by atoms with Crippen LogP contribution in [0.15, 0.2) is 47.5 Å². The molecule has 0 radical (unpaired) electrons. The predicted octanol–water partition coefficient (Wildman–Crippen LogP) is 7.93. The van der Waals surface area contributed by atoms with Crippen molar-refractivity contribution < 1.29 is 0 Å². The van der Waals surface area contributed by atoms with E-state index in [-0.39, 0.29) is 0 Å². The highest BCUT2D eigenvalue weighted by molar-refractivity contribution is 7.99. The first-order valence-electron chi connectivity index (χ1n) is 10.5. The minimum atomic E-state index is 1.08. The number of aryl methyl sites for hydroxylation is 1. The van der Waals surface area contributed by atoms with E-state index in [9.17, 15) is 0 Å². The lowest BCUT2D eigenvalue weighted by Gasteiger charge is -2.06. The van der Waals surface area contributed by atoms with Crippen LogP contribution in [0.2, 0.25) is 0 Å². The van der Waals surface area contributed by atoms with E-state index in [1.165, 1.54) is 79.6 Å². The highest BCUT2D eigenvalue weighted by Crippen LogP contribution is 2.24. The molecule has 2 rings (SSSR count). The third-order valence-corrected chi connectivity index (χ3v) is 5.91. The van der Waals surface area contributed by atoms with Gasteiger partial charge in [-0.05, 0) is 48.8 Å². The van der Waals surface area contributed by atoms with E-state index in [0.29, 0.717) is 0 Å². The summed E-state index contributed by atoms with van der Waals surface area (Å²) in [6, 6.07) is 13.3. The number of hydrogen-bond donors (Lipinski definition) is 0. The van der Waals surface area contributed by atoms with Crippen molar-refractivity contribution in [1.29, 1.82) is 0 Å². The molecule has 1 aromatic heterocycles. The average molecular weight is 370 g/mol. The molecule has 0 unspecified atom stereocenters. The van der Waals surface area contributed by atoms with Crippen molar-refractivity contribution in [3.05, 3.63) is 48.2 Å². The first-order valence-corrected chi connectivity index (χ1v) is 11.5. The van der Waals surface area contributed by atoms with E-state index in [1.807, 2.05) is 11.8 Å². The fourth-order valence-corrected chi connectivity index (χ4v) is 4.03. The van der Waals surface area contributed by atoms with Crippen molar-refractivity contribution in [2.45, 2.75) is 83.0 Å². The molecule has 1 nitrogen and oxygen atoms in total. The van der Waals surface area contributed by atoms with Crippen molar-refractivity contribution in [2.24, 2.45) is 0 Å².